The standard InChI is InChI=1S/C18H18N4O3S/c1-11-2-6-15(26(24,25)22-13-3-4-13)9-16(11)18(23)20-14-5-7-17-12(8-14)10-19-21-17/h2,5-10,13,22H,3-4H2,1H3,(H,19,21)(H,20,23). The number of carbonyl (C=O) groups excluding carboxylic acids is 1. The molecule has 0 aliphatic heterocycles. The molecule has 3 N–H and O–H groups in total. The molecule has 8 heteroatoms. The molecule has 0 unspecified atom stereocenters. The molecule has 3 aromatic rings. The molecule has 0 saturated heterocycles. The minimum Gasteiger partial charge on any atom is -0.322 e. The molecule has 1 heterocycles. The molecule has 0 bridgehead atoms. The molecule has 4 rings (SSSR count). The largest absolute Gasteiger partial charge is 0.322 e. The average Bonchev–Trinajstić information content (AvgIpc) is 3.27. The number of sulfonamides is 1. The van der Waals surface area contributed by atoms with E-state index in [0.29, 0.717) is 16.8 Å². The van der Waals surface area contributed by atoms with Gasteiger partial charge in [-0.15, -0.1) is 0 Å². The third-order valence-corrected chi connectivity index (χ3v) is 5.88. The number of amides is 1. The zero-order valence-electron chi connectivity index (χ0n) is 14.1. The second-order valence-corrected chi connectivity index (χ2v) is 8.21. The number of hydrogen-bond donors (Lipinski definition) is 3. The summed E-state index contributed by atoms with van der Waals surface area (Å²) in [5.41, 5.74) is 2.53. The number of anilines is 1. The quantitative estimate of drug-likeness (QED) is 0.642. The number of benzene rings is 2. The van der Waals surface area contributed by atoms with Crippen LogP contribution in [-0.2, 0) is 10.0 Å². The molecule has 1 aliphatic rings. The van der Waals surface area contributed by atoms with E-state index in [9.17, 15) is 13.2 Å². The highest BCUT2D eigenvalue weighted by Crippen LogP contribution is 2.24. The van der Waals surface area contributed by atoms with Gasteiger partial charge >= 0.3 is 0 Å². The molecule has 0 radical (unpaired) electrons. The maximum Gasteiger partial charge on any atom is 0.255 e. The molecule has 1 fully saturated rings. The number of rotatable bonds is 5. The molecule has 0 atom stereocenters. The Kier molecular flexibility index (Phi) is 4.01. The van der Waals surface area contributed by atoms with E-state index in [2.05, 4.69) is 20.2 Å². The lowest BCUT2D eigenvalue weighted by Gasteiger charge is -2.11. The summed E-state index contributed by atoms with van der Waals surface area (Å²) in [6.45, 7) is 1.78. The first kappa shape index (κ1) is 16.7. The molecule has 26 heavy (non-hydrogen) atoms. The summed E-state index contributed by atoms with van der Waals surface area (Å²) in [6, 6.07) is 10.0. The van der Waals surface area contributed by atoms with Gasteiger partial charge in [0.1, 0.15) is 0 Å². The number of aromatic amines is 1. The zero-order valence-corrected chi connectivity index (χ0v) is 14.9. The maximum absolute atomic E-state index is 12.7. The lowest BCUT2D eigenvalue weighted by molar-refractivity contribution is 0.102. The number of carbonyl (C=O) groups is 1. The van der Waals surface area contributed by atoms with E-state index < -0.39 is 10.0 Å². The molecular weight excluding hydrogens is 352 g/mol. The Hall–Kier alpha value is -2.71. The topological polar surface area (TPSA) is 104 Å². The minimum atomic E-state index is -3.61. The van der Waals surface area contributed by atoms with Crippen LogP contribution in [0.15, 0.2) is 47.5 Å². The van der Waals surface area contributed by atoms with Crippen LogP contribution < -0.4 is 10.0 Å². The lowest BCUT2D eigenvalue weighted by Crippen LogP contribution is -2.26. The van der Waals surface area contributed by atoms with Crippen molar-refractivity contribution in [1.82, 2.24) is 14.9 Å². The van der Waals surface area contributed by atoms with Gasteiger partial charge in [-0.25, -0.2) is 13.1 Å². The highest BCUT2D eigenvalue weighted by Gasteiger charge is 2.28. The van der Waals surface area contributed by atoms with Gasteiger partial charge in [0.25, 0.3) is 5.91 Å². The first-order valence-corrected chi connectivity index (χ1v) is 9.78. The van der Waals surface area contributed by atoms with E-state index in [-0.39, 0.29) is 16.8 Å². The molecule has 0 spiro atoms. The van der Waals surface area contributed by atoms with Crippen LogP contribution in [0.4, 0.5) is 5.69 Å². The molecule has 1 amide bonds. The third kappa shape index (κ3) is 3.33. The fraction of sp³-hybridized carbons (Fsp3) is 0.222. The highest BCUT2D eigenvalue weighted by molar-refractivity contribution is 7.89. The van der Waals surface area contributed by atoms with Gasteiger partial charge in [0.2, 0.25) is 10.0 Å². The predicted molar refractivity (Wildman–Crippen MR) is 98.6 cm³/mol. The first-order valence-electron chi connectivity index (χ1n) is 8.30. The van der Waals surface area contributed by atoms with E-state index in [1.165, 1.54) is 12.1 Å². The summed E-state index contributed by atoms with van der Waals surface area (Å²) in [5, 5.41) is 10.5. The van der Waals surface area contributed by atoms with Crippen LogP contribution in [0.2, 0.25) is 0 Å². The summed E-state index contributed by atoms with van der Waals surface area (Å²) in [4.78, 5) is 12.8. The van der Waals surface area contributed by atoms with Gasteiger partial charge in [-0.3, -0.25) is 9.89 Å². The van der Waals surface area contributed by atoms with Gasteiger partial charge in [0, 0.05) is 22.7 Å². The molecule has 134 valence electrons. The van der Waals surface area contributed by atoms with E-state index >= 15 is 0 Å². The zero-order chi connectivity index (χ0) is 18.3. The van der Waals surface area contributed by atoms with Crippen molar-refractivity contribution in [1.29, 1.82) is 0 Å². The molecule has 1 aromatic heterocycles. The van der Waals surface area contributed by atoms with Crippen molar-refractivity contribution in [3.63, 3.8) is 0 Å². The maximum atomic E-state index is 12.7. The summed E-state index contributed by atoms with van der Waals surface area (Å²) in [5.74, 6) is -0.353. The summed E-state index contributed by atoms with van der Waals surface area (Å²) >= 11 is 0. The van der Waals surface area contributed by atoms with E-state index in [0.717, 1.165) is 23.7 Å². The fourth-order valence-corrected chi connectivity index (χ4v) is 4.05. The monoisotopic (exact) mass is 370 g/mol. The molecule has 1 aliphatic carbocycles. The summed E-state index contributed by atoms with van der Waals surface area (Å²) < 4.78 is 27.4. The molecular formula is C18H18N4O3S. The van der Waals surface area contributed by atoms with Crippen molar-refractivity contribution in [2.45, 2.75) is 30.7 Å². The first-order chi connectivity index (χ1) is 12.4. The van der Waals surface area contributed by atoms with Crippen LogP contribution in [0.5, 0.6) is 0 Å². The van der Waals surface area contributed by atoms with Gasteiger partial charge in [0.15, 0.2) is 0 Å². The van der Waals surface area contributed by atoms with E-state index in [1.54, 1.807) is 31.3 Å². The number of aromatic nitrogens is 2. The fourth-order valence-electron chi connectivity index (χ4n) is 2.72. The molecule has 7 nitrogen and oxygen atoms in total. The van der Waals surface area contributed by atoms with Crippen molar-refractivity contribution >= 4 is 32.5 Å². The minimum absolute atomic E-state index is 0.0141. The number of aryl methyl sites for hydroxylation is 1. The number of fused-ring (bicyclic) bond motifs is 1. The van der Waals surface area contributed by atoms with Gasteiger partial charge < -0.3 is 5.32 Å². The lowest BCUT2D eigenvalue weighted by atomic mass is 10.1. The third-order valence-electron chi connectivity index (χ3n) is 4.36. The Morgan fingerprint density at radius 2 is 2.00 bits per heavy atom. The summed E-state index contributed by atoms with van der Waals surface area (Å²) in [7, 11) is -3.61. The Balaban J connectivity index is 1.61. The van der Waals surface area contributed by atoms with Crippen molar-refractivity contribution < 1.29 is 13.2 Å². The number of H-pyrrole nitrogens is 1. The highest BCUT2D eigenvalue weighted by atomic mass is 32.2. The SMILES string of the molecule is Cc1ccc(S(=O)(=O)NC2CC2)cc1C(=O)Nc1ccc2[nH]ncc2c1. The predicted octanol–water partition coefficient (Wildman–Crippen LogP) is 2.56. The van der Waals surface area contributed by atoms with Crippen LogP contribution in [0.1, 0.15) is 28.8 Å². The van der Waals surface area contributed by atoms with Gasteiger partial charge in [0.05, 0.1) is 16.6 Å². The number of nitrogens with one attached hydrogen (secondary N) is 3. The van der Waals surface area contributed by atoms with E-state index in [1.807, 2.05) is 6.07 Å². The van der Waals surface area contributed by atoms with Gasteiger partial charge in [-0.05, 0) is 55.7 Å². The average molecular weight is 370 g/mol. The molecule has 2 aromatic carbocycles. The van der Waals surface area contributed by atoms with Crippen molar-refractivity contribution in [3.8, 4) is 0 Å². The Labute approximate surface area is 150 Å². The second-order valence-electron chi connectivity index (χ2n) is 6.50. The van der Waals surface area contributed by atoms with Gasteiger partial charge in [-0.2, -0.15) is 5.10 Å². The Morgan fingerprint density at radius 1 is 1.19 bits per heavy atom. The van der Waals surface area contributed by atoms with Crippen LogP contribution in [0.25, 0.3) is 10.9 Å². The van der Waals surface area contributed by atoms with Crippen LogP contribution in [0, 0.1) is 6.92 Å². The van der Waals surface area contributed by atoms with Crippen LogP contribution >= 0.6 is 0 Å². The van der Waals surface area contributed by atoms with E-state index in [4.69, 9.17) is 0 Å². The normalized spacial score (nSPS) is 14.5. The van der Waals surface area contributed by atoms with Gasteiger partial charge in [-0.1, -0.05) is 6.07 Å². The second kappa shape index (κ2) is 6.22. The Morgan fingerprint density at radius 3 is 2.77 bits per heavy atom. The smallest absolute Gasteiger partial charge is 0.255 e. The van der Waals surface area contributed by atoms with Crippen LogP contribution in [-0.4, -0.2) is 30.6 Å². The Bertz CT molecular complexity index is 1100. The van der Waals surface area contributed by atoms with Crippen molar-refractivity contribution in [2.24, 2.45) is 0 Å². The van der Waals surface area contributed by atoms with Crippen molar-refractivity contribution in [3.05, 3.63) is 53.7 Å². The number of nitrogens with zero attached hydrogens (tertiary/aromatic N) is 1. The van der Waals surface area contributed by atoms with Crippen molar-refractivity contribution in [2.75, 3.05) is 5.32 Å². The summed E-state index contributed by atoms with van der Waals surface area (Å²) in [6.07, 6.45) is 3.39. The molecule has 1 saturated carbocycles. The number of hydrogen-bond acceptors (Lipinski definition) is 4. The van der Waals surface area contributed by atoms with Crippen LogP contribution in [0.3, 0.4) is 0 Å².